The van der Waals surface area contributed by atoms with E-state index < -0.39 is 36.5 Å². The minimum Gasteiger partial charge on any atom is -0.390 e. The first-order chi connectivity index (χ1) is 11.3. The molecule has 3 saturated heterocycles. The third-order valence-corrected chi connectivity index (χ3v) is 5.50. The van der Waals surface area contributed by atoms with Crippen molar-refractivity contribution in [1.82, 2.24) is 4.90 Å². The van der Waals surface area contributed by atoms with E-state index in [1.165, 1.54) is 0 Å². The van der Waals surface area contributed by atoms with E-state index in [1.807, 2.05) is 32.8 Å². The minimum atomic E-state index is -0.928. The van der Waals surface area contributed by atoms with Crippen LogP contribution in [0.1, 0.15) is 20.3 Å². The van der Waals surface area contributed by atoms with Gasteiger partial charge < -0.3 is 34.1 Å². The molecule has 9 atom stereocenters. The van der Waals surface area contributed by atoms with Crippen molar-refractivity contribution in [2.24, 2.45) is 0 Å². The van der Waals surface area contributed by atoms with Crippen molar-refractivity contribution >= 4 is 12.9 Å². The zero-order valence-electron chi connectivity index (χ0n) is 14.4. The molecule has 0 aromatic carbocycles. The quantitative estimate of drug-likeness (QED) is 0.350. The highest BCUT2D eigenvalue weighted by molar-refractivity contribution is 7.75. The molecule has 0 radical (unpaired) electrons. The number of aliphatic hydroxyl groups is 2. The summed E-state index contributed by atoms with van der Waals surface area (Å²) in [5.41, 5.74) is -0.583. The average Bonchev–Trinajstić information content (AvgIpc) is 3.30. The summed E-state index contributed by atoms with van der Waals surface area (Å²) < 4.78 is 27.9. The van der Waals surface area contributed by atoms with E-state index >= 15 is 0 Å². The first-order valence-corrected chi connectivity index (χ1v) is 8.59. The molecular weight excluding hydrogens is 338 g/mol. The van der Waals surface area contributed by atoms with Crippen LogP contribution in [-0.4, -0.2) is 90.6 Å². The van der Waals surface area contributed by atoms with E-state index in [4.69, 9.17) is 23.1 Å². The molecule has 4 unspecified atom stereocenters. The average molecular weight is 365 g/mol. The number of rotatable bonds is 4. The van der Waals surface area contributed by atoms with E-state index in [2.05, 4.69) is 12.9 Å². The lowest BCUT2D eigenvalue weighted by Crippen LogP contribution is -2.64. The molecule has 3 aliphatic heterocycles. The Morgan fingerprint density at radius 1 is 1.21 bits per heavy atom. The second kappa shape index (κ2) is 6.98. The first kappa shape index (κ1) is 18.8. The highest BCUT2D eigenvalue weighted by atomic mass is 32.1. The monoisotopic (exact) mass is 365 g/mol. The Bertz CT molecular complexity index is 436. The molecule has 3 aliphatic rings. The van der Waals surface area contributed by atoms with Gasteiger partial charge in [0.05, 0.1) is 31.0 Å². The smallest absolute Gasteiger partial charge is 0.198 e. The summed E-state index contributed by atoms with van der Waals surface area (Å²) >= 11 is 3.77. The largest absolute Gasteiger partial charge is 0.390 e. The van der Waals surface area contributed by atoms with Crippen molar-refractivity contribution in [3.63, 3.8) is 0 Å². The molecule has 9 heteroatoms. The van der Waals surface area contributed by atoms with Crippen LogP contribution in [0.4, 0.5) is 0 Å². The number of nitrogens with zero attached hydrogens (tertiary/aromatic N) is 1. The van der Waals surface area contributed by atoms with Crippen LogP contribution in [0.3, 0.4) is 0 Å². The third-order valence-electron chi connectivity index (χ3n) is 5.29. The molecule has 2 N–H and O–H groups in total. The lowest BCUT2D eigenvalue weighted by Gasteiger charge is -2.47. The van der Waals surface area contributed by atoms with Gasteiger partial charge in [-0.2, -0.15) is 0 Å². The van der Waals surface area contributed by atoms with E-state index in [9.17, 15) is 10.2 Å². The molecule has 3 heterocycles. The molecular formula is C15H27NO7S. The van der Waals surface area contributed by atoms with E-state index in [0.717, 1.165) is 0 Å². The summed E-state index contributed by atoms with van der Waals surface area (Å²) in [4.78, 5) is 1.86. The Balaban J connectivity index is 1.70. The van der Waals surface area contributed by atoms with Gasteiger partial charge in [-0.3, -0.25) is 4.18 Å². The molecule has 24 heavy (non-hydrogen) atoms. The molecule has 0 aromatic rings. The number of hydrogen-bond donors (Lipinski definition) is 3. The molecule has 0 aliphatic carbocycles. The highest BCUT2D eigenvalue weighted by Gasteiger charge is 2.60. The lowest BCUT2D eigenvalue weighted by molar-refractivity contribution is -0.309. The second-order valence-corrected chi connectivity index (χ2v) is 7.27. The van der Waals surface area contributed by atoms with Gasteiger partial charge in [-0.25, -0.2) is 0 Å². The molecule has 140 valence electrons. The fraction of sp³-hybridized carbons (Fsp3) is 1.00. The van der Waals surface area contributed by atoms with Crippen LogP contribution in [0.25, 0.3) is 0 Å². The lowest BCUT2D eigenvalue weighted by atomic mass is 9.91. The number of likely N-dealkylation sites (N-methyl/N-ethyl adjacent to an activating group) is 1. The van der Waals surface area contributed by atoms with Crippen molar-refractivity contribution in [2.45, 2.75) is 75.0 Å². The molecule has 3 rings (SSSR count). The Kier molecular flexibility index (Phi) is 5.47. The second-order valence-electron chi connectivity index (χ2n) is 7.06. The zero-order chi connectivity index (χ0) is 17.6. The maximum absolute atomic E-state index is 10.5. The first-order valence-electron chi connectivity index (χ1n) is 8.23. The topological polar surface area (TPSA) is 93.2 Å². The third kappa shape index (κ3) is 3.22. The Morgan fingerprint density at radius 3 is 2.38 bits per heavy atom. The summed E-state index contributed by atoms with van der Waals surface area (Å²) in [6.07, 6.45) is -3.74. The maximum Gasteiger partial charge on any atom is 0.198 e. The van der Waals surface area contributed by atoms with Gasteiger partial charge in [0.1, 0.15) is 17.8 Å². The van der Waals surface area contributed by atoms with Crippen molar-refractivity contribution in [3.05, 3.63) is 0 Å². The van der Waals surface area contributed by atoms with E-state index in [0.29, 0.717) is 13.0 Å². The van der Waals surface area contributed by atoms with Gasteiger partial charge in [0.15, 0.2) is 12.6 Å². The van der Waals surface area contributed by atoms with Crippen LogP contribution < -0.4 is 0 Å². The summed E-state index contributed by atoms with van der Waals surface area (Å²) in [5.74, 6) is 0. The van der Waals surface area contributed by atoms with Crippen LogP contribution >= 0.6 is 12.9 Å². The fourth-order valence-corrected chi connectivity index (χ4v) is 3.88. The maximum atomic E-state index is 10.5. The van der Waals surface area contributed by atoms with Crippen LogP contribution in [-0.2, 0) is 23.1 Å². The van der Waals surface area contributed by atoms with Gasteiger partial charge in [-0.05, 0) is 40.9 Å². The molecule has 0 amide bonds. The van der Waals surface area contributed by atoms with Crippen LogP contribution in [0, 0.1) is 0 Å². The summed E-state index contributed by atoms with van der Waals surface area (Å²) in [6, 6.07) is -0.366. The Morgan fingerprint density at radius 2 is 1.88 bits per heavy atom. The zero-order valence-corrected chi connectivity index (χ0v) is 15.3. The number of aliphatic hydroxyl groups excluding tert-OH is 2. The van der Waals surface area contributed by atoms with Gasteiger partial charge in [0.25, 0.3) is 0 Å². The molecule has 0 saturated carbocycles. The van der Waals surface area contributed by atoms with Crippen molar-refractivity contribution in [1.29, 1.82) is 0 Å². The molecule has 8 nitrogen and oxygen atoms in total. The van der Waals surface area contributed by atoms with E-state index in [-0.39, 0.29) is 18.2 Å². The Labute approximate surface area is 147 Å². The van der Waals surface area contributed by atoms with Crippen molar-refractivity contribution in [2.75, 3.05) is 20.7 Å². The number of epoxide rings is 1. The van der Waals surface area contributed by atoms with Gasteiger partial charge >= 0.3 is 0 Å². The van der Waals surface area contributed by atoms with Crippen LogP contribution in [0.2, 0.25) is 0 Å². The summed E-state index contributed by atoms with van der Waals surface area (Å²) in [7, 11) is 3.70. The Hall–Kier alpha value is 0.0300. The van der Waals surface area contributed by atoms with Crippen LogP contribution in [0.5, 0.6) is 0 Å². The number of ether oxygens (including phenoxy) is 4. The summed E-state index contributed by atoms with van der Waals surface area (Å²) in [6.45, 7) is 4.22. The minimum absolute atomic E-state index is 0.262. The van der Waals surface area contributed by atoms with Gasteiger partial charge in [0, 0.05) is 6.42 Å². The fourth-order valence-electron chi connectivity index (χ4n) is 3.70. The summed E-state index contributed by atoms with van der Waals surface area (Å²) in [5, 5.41) is 20.8. The molecule has 0 aromatic heterocycles. The van der Waals surface area contributed by atoms with Crippen molar-refractivity contribution < 1.29 is 33.3 Å². The van der Waals surface area contributed by atoms with Gasteiger partial charge in [-0.15, -0.1) is 0 Å². The predicted molar refractivity (Wildman–Crippen MR) is 86.4 cm³/mol. The standard InChI is InChI=1S/C15H27NO7S/c1-7-13(11(16(3)4)12(18)14(20-7)23-24)22-10-5-9(17)15(6-19-15)8(2)21-10/h7-14,17-18,24H,5-6H2,1-4H3/t7-,8-,9?,10+,11?,12?,13-,14+,15?/m1/s1. The van der Waals surface area contributed by atoms with Gasteiger partial charge in [-0.1, -0.05) is 0 Å². The predicted octanol–water partition coefficient (Wildman–Crippen LogP) is -0.466. The highest BCUT2D eigenvalue weighted by Crippen LogP contribution is 2.43. The SMILES string of the molecule is C[C@H]1O[C@@H](OS)C(O)C(N(C)C)[C@@H]1O[C@H]1CC(O)C2(CO2)[C@@H](C)O1. The number of thiol groups is 1. The van der Waals surface area contributed by atoms with Crippen LogP contribution in [0.15, 0.2) is 0 Å². The van der Waals surface area contributed by atoms with E-state index in [1.54, 1.807) is 0 Å². The molecule has 0 bridgehead atoms. The molecule has 1 spiro atoms. The number of hydrogen-bond acceptors (Lipinski definition) is 9. The van der Waals surface area contributed by atoms with Gasteiger partial charge in [0.2, 0.25) is 0 Å². The normalized spacial score (nSPS) is 52.0. The van der Waals surface area contributed by atoms with Crippen molar-refractivity contribution in [3.8, 4) is 0 Å². The molecule has 3 fully saturated rings.